The largest absolute Gasteiger partial charge is 0.398 e. The number of hydrogen-bond acceptors (Lipinski definition) is 3. The highest BCUT2D eigenvalue weighted by Crippen LogP contribution is 2.41. The summed E-state index contributed by atoms with van der Waals surface area (Å²) in [5.74, 6) is 0.472. The van der Waals surface area contributed by atoms with E-state index in [1.165, 1.54) is 17.3 Å². The fourth-order valence-electron chi connectivity index (χ4n) is 3.02. The fraction of sp³-hybridized carbons (Fsp3) is 0.467. The molecule has 0 radical (unpaired) electrons. The van der Waals surface area contributed by atoms with Gasteiger partial charge in [-0.3, -0.25) is 0 Å². The topological polar surface area (TPSA) is 65.6 Å². The van der Waals surface area contributed by atoms with Gasteiger partial charge in [-0.15, -0.1) is 0 Å². The van der Waals surface area contributed by atoms with Gasteiger partial charge in [0.15, 0.2) is 0 Å². The molecule has 2 rings (SSSR count). The Morgan fingerprint density at radius 1 is 1.63 bits per heavy atom. The SMILES string of the molecule is CC1CC(C)(C)Cc2[nH]c(=S)c(/C(N)=C/C#N)cc21. The Morgan fingerprint density at radius 2 is 2.32 bits per heavy atom. The first-order valence-corrected chi connectivity index (χ1v) is 6.86. The first kappa shape index (κ1) is 13.8. The Bertz CT molecular complexity index is 632. The van der Waals surface area contributed by atoms with Crippen molar-refractivity contribution in [1.82, 2.24) is 4.98 Å². The number of nitrogens with one attached hydrogen (secondary N) is 1. The van der Waals surface area contributed by atoms with Gasteiger partial charge < -0.3 is 10.7 Å². The number of hydrogen-bond donors (Lipinski definition) is 2. The first-order valence-electron chi connectivity index (χ1n) is 6.46. The zero-order chi connectivity index (χ0) is 14.2. The molecule has 0 fully saturated rings. The molecule has 4 heteroatoms. The number of rotatable bonds is 1. The first-order chi connectivity index (χ1) is 8.84. The van der Waals surface area contributed by atoms with Gasteiger partial charge in [-0.05, 0) is 35.8 Å². The molecule has 0 bridgehead atoms. The smallest absolute Gasteiger partial charge is 0.112 e. The van der Waals surface area contributed by atoms with E-state index in [4.69, 9.17) is 23.2 Å². The van der Waals surface area contributed by atoms with Gasteiger partial charge in [0, 0.05) is 17.3 Å². The minimum Gasteiger partial charge on any atom is -0.398 e. The van der Waals surface area contributed by atoms with Crippen molar-refractivity contribution < 1.29 is 0 Å². The van der Waals surface area contributed by atoms with E-state index in [1.54, 1.807) is 0 Å². The van der Waals surface area contributed by atoms with E-state index in [2.05, 4.69) is 31.8 Å². The van der Waals surface area contributed by atoms with Crippen LogP contribution in [0.3, 0.4) is 0 Å². The van der Waals surface area contributed by atoms with Gasteiger partial charge in [-0.2, -0.15) is 5.26 Å². The van der Waals surface area contributed by atoms with Crippen LogP contribution in [0.2, 0.25) is 0 Å². The molecule has 1 unspecified atom stereocenters. The molecule has 0 aromatic carbocycles. The Labute approximate surface area is 119 Å². The molecule has 100 valence electrons. The molecule has 0 saturated carbocycles. The minimum absolute atomic E-state index is 0.292. The lowest BCUT2D eigenvalue weighted by atomic mass is 9.71. The Kier molecular flexibility index (Phi) is 3.51. The molecule has 0 saturated heterocycles. The predicted molar refractivity (Wildman–Crippen MR) is 79.9 cm³/mol. The lowest BCUT2D eigenvalue weighted by molar-refractivity contribution is 0.284. The molecule has 0 aliphatic heterocycles. The summed E-state index contributed by atoms with van der Waals surface area (Å²) in [6.07, 6.45) is 3.48. The van der Waals surface area contributed by atoms with E-state index >= 15 is 0 Å². The number of aromatic nitrogens is 1. The van der Waals surface area contributed by atoms with Crippen molar-refractivity contribution in [2.75, 3.05) is 0 Å². The van der Waals surface area contributed by atoms with E-state index in [9.17, 15) is 0 Å². The van der Waals surface area contributed by atoms with Crippen molar-refractivity contribution >= 4 is 17.9 Å². The third-order valence-electron chi connectivity index (χ3n) is 3.73. The molecule has 1 aromatic rings. The van der Waals surface area contributed by atoms with Crippen molar-refractivity contribution in [3.8, 4) is 6.07 Å². The Morgan fingerprint density at radius 3 is 2.95 bits per heavy atom. The van der Waals surface area contributed by atoms with Gasteiger partial charge >= 0.3 is 0 Å². The fourth-order valence-corrected chi connectivity index (χ4v) is 3.32. The average molecular weight is 273 g/mol. The van der Waals surface area contributed by atoms with Crippen LogP contribution in [-0.4, -0.2) is 4.98 Å². The van der Waals surface area contributed by atoms with E-state index in [0.29, 0.717) is 21.7 Å². The monoisotopic (exact) mass is 273 g/mol. The number of allylic oxidation sites excluding steroid dienone is 1. The van der Waals surface area contributed by atoms with Gasteiger partial charge in [-0.1, -0.05) is 33.0 Å². The van der Waals surface area contributed by atoms with E-state index in [0.717, 1.165) is 18.4 Å². The van der Waals surface area contributed by atoms with Crippen molar-refractivity contribution in [1.29, 1.82) is 5.26 Å². The zero-order valence-corrected chi connectivity index (χ0v) is 12.4. The minimum atomic E-state index is 0.292. The van der Waals surface area contributed by atoms with Crippen LogP contribution in [0.25, 0.3) is 5.70 Å². The highest BCUT2D eigenvalue weighted by Gasteiger charge is 2.30. The summed E-state index contributed by atoms with van der Waals surface area (Å²) in [7, 11) is 0. The van der Waals surface area contributed by atoms with E-state index in [-0.39, 0.29) is 0 Å². The molecular weight excluding hydrogens is 254 g/mol. The van der Waals surface area contributed by atoms with Crippen LogP contribution in [-0.2, 0) is 6.42 Å². The van der Waals surface area contributed by atoms with Gasteiger partial charge in [0.1, 0.15) is 4.64 Å². The number of nitriles is 1. The number of pyridine rings is 1. The van der Waals surface area contributed by atoms with Crippen molar-refractivity contribution in [2.24, 2.45) is 11.1 Å². The molecule has 0 amide bonds. The van der Waals surface area contributed by atoms with Crippen LogP contribution in [0.15, 0.2) is 12.1 Å². The molecule has 0 spiro atoms. The quantitative estimate of drug-likeness (QED) is 0.606. The van der Waals surface area contributed by atoms with Gasteiger partial charge in [0.25, 0.3) is 0 Å². The second-order valence-electron chi connectivity index (χ2n) is 6.12. The third-order valence-corrected chi connectivity index (χ3v) is 4.06. The molecule has 1 aromatic heterocycles. The predicted octanol–water partition coefficient (Wildman–Crippen LogP) is 3.64. The van der Waals surface area contributed by atoms with Gasteiger partial charge in [0.05, 0.1) is 11.8 Å². The zero-order valence-electron chi connectivity index (χ0n) is 11.6. The third kappa shape index (κ3) is 2.71. The standard InChI is InChI=1S/C15H19N3S/c1-9-7-15(2,3)8-13-10(9)6-11(14(19)18-13)12(17)4-5-16/h4,6,9H,7-8,17H2,1-3H3,(H,18,19)/b12-4-. The Hall–Kier alpha value is -1.60. The number of H-pyrrole nitrogens is 1. The molecule has 3 nitrogen and oxygen atoms in total. The molecule has 1 aliphatic carbocycles. The number of nitrogens with two attached hydrogens (primary N) is 1. The molecule has 1 atom stereocenters. The number of aromatic amines is 1. The highest BCUT2D eigenvalue weighted by molar-refractivity contribution is 7.71. The van der Waals surface area contributed by atoms with Crippen LogP contribution in [0, 0.1) is 21.4 Å². The molecule has 1 aliphatic rings. The lowest BCUT2D eigenvalue weighted by Crippen LogP contribution is -2.26. The summed E-state index contributed by atoms with van der Waals surface area (Å²) >= 11 is 5.36. The maximum atomic E-state index is 8.70. The van der Waals surface area contributed by atoms with Gasteiger partial charge in [0.2, 0.25) is 0 Å². The summed E-state index contributed by atoms with van der Waals surface area (Å²) < 4.78 is 0.618. The molecule has 3 N–H and O–H groups in total. The van der Waals surface area contributed by atoms with Crippen molar-refractivity contribution in [2.45, 2.75) is 39.5 Å². The lowest BCUT2D eigenvalue weighted by Gasteiger charge is -2.35. The van der Waals surface area contributed by atoms with Crippen LogP contribution in [0.4, 0.5) is 0 Å². The Balaban J connectivity index is 2.57. The number of fused-ring (bicyclic) bond motifs is 1. The average Bonchev–Trinajstić information content (AvgIpc) is 2.26. The summed E-state index contributed by atoms with van der Waals surface area (Å²) in [6, 6.07) is 4.00. The number of nitrogens with zero attached hydrogens (tertiary/aromatic N) is 1. The van der Waals surface area contributed by atoms with Crippen molar-refractivity contribution in [3.05, 3.63) is 33.6 Å². The maximum absolute atomic E-state index is 8.70. The molecule has 19 heavy (non-hydrogen) atoms. The second-order valence-corrected chi connectivity index (χ2v) is 6.53. The highest BCUT2D eigenvalue weighted by atomic mass is 32.1. The van der Waals surface area contributed by atoms with E-state index in [1.807, 2.05) is 6.07 Å². The normalized spacial score (nSPS) is 21.6. The summed E-state index contributed by atoms with van der Waals surface area (Å²) in [5, 5.41) is 8.70. The van der Waals surface area contributed by atoms with Crippen LogP contribution in [0.5, 0.6) is 0 Å². The summed E-state index contributed by atoms with van der Waals surface area (Å²) in [6.45, 7) is 6.78. The second kappa shape index (κ2) is 4.82. The van der Waals surface area contributed by atoms with Crippen molar-refractivity contribution in [3.63, 3.8) is 0 Å². The molecular formula is C15H19N3S. The van der Waals surface area contributed by atoms with E-state index < -0.39 is 0 Å². The summed E-state index contributed by atoms with van der Waals surface area (Å²) in [4.78, 5) is 3.31. The van der Waals surface area contributed by atoms with Crippen LogP contribution < -0.4 is 5.73 Å². The van der Waals surface area contributed by atoms with Gasteiger partial charge in [-0.25, -0.2) is 0 Å². The van der Waals surface area contributed by atoms with Crippen LogP contribution in [0.1, 0.15) is 49.9 Å². The molecule has 1 heterocycles. The van der Waals surface area contributed by atoms with Crippen LogP contribution >= 0.6 is 12.2 Å². The maximum Gasteiger partial charge on any atom is 0.112 e. The summed E-state index contributed by atoms with van der Waals surface area (Å²) in [5.41, 5.74) is 9.87.